The summed E-state index contributed by atoms with van der Waals surface area (Å²) in [5, 5.41) is 3.41. The van der Waals surface area contributed by atoms with Gasteiger partial charge in [-0.25, -0.2) is 0 Å². The minimum atomic E-state index is 0.385. The Morgan fingerprint density at radius 1 is 1.29 bits per heavy atom. The number of hydrogen-bond acceptors (Lipinski definition) is 3. The zero-order valence-corrected chi connectivity index (χ0v) is 13.8. The van der Waals surface area contributed by atoms with Crippen molar-refractivity contribution in [2.75, 3.05) is 6.54 Å². The van der Waals surface area contributed by atoms with Crippen LogP contribution in [0.15, 0.2) is 18.3 Å². The summed E-state index contributed by atoms with van der Waals surface area (Å²) in [6.07, 6.45) is 8.64. The van der Waals surface area contributed by atoms with E-state index in [-0.39, 0.29) is 0 Å². The van der Waals surface area contributed by atoms with Crippen LogP contribution in [-0.4, -0.2) is 17.6 Å². The smallest absolute Gasteiger partial charge is 0.138 e. The predicted octanol–water partition coefficient (Wildman–Crippen LogP) is 4.17. The number of pyridine rings is 1. The maximum Gasteiger partial charge on any atom is 0.138 e. The molecule has 0 bridgehead atoms. The van der Waals surface area contributed by atoms with Gasteiger partial charge in [-0.05, 0) is 56.2 Å². The molecule has 0 aromatic carbocycles. The second-order valence-electron chi connectivity index (χ2n) is 6.62. The van der Waals surface area contributed by atoms with Gasteiger partial charge in [-0.15, -0.1) is 0 Å². The van der Waals surface area contributed by atoms with E-state index in [0.29, 0.717) is 17.9 Å². The summed E-state index contributed by atoms with van der Waals surface area (Å²) in [5.74, 6) is 2.31. The molecular formula is C18H30N2O. The minimum absolute atomic E-state index is 0.385. The van der Waals surface area contributed by atoms with Crippen molar-refractivity contribution in [3.63, 3.8) is 0 Å². The summed E-state index contributed by atoms with van der Waals surface area (Å²) in [7, 11) is 0. The van der Waals surface area contributed by atoms with Crippen molar-refractivity contribution in [1.29, 1.82) is 0 Å². The van der Waals surface area contributed by atoms with Crippen LogP contribution in [0.3, 0.4) is 0 Å². The number of nitrogens with zero attached hydrogens (tertiary/aromatic N) is 1. The summed E-state index contributed by atoms with van der Waals surface area (Å²) in [6.45, 7) is 8.56. The Kier molecular flexibility index (Phi) is 6.50. The summed E-state index contributed by atoms with van der Waals surface area (Å²) in [6, 6.07) is 4.15. The summed E-state index contributed by atoms with van der Waals surface area (Å²) < 4.78 is 6.17. The highest BCUT2D eigenvalue weighted by Crippen LogP contribution is 2.30. The average Bonchev–Trinajstić information content (AvgIpc) is 2.49. The second-order valence-corrected chi connectivity index (χ2v) is 6.62. The van der Waals surface area contributed by atoms with E-state index in [0.717, 1.165) is 24.5 Å². The first-order valence-corrected chi connectivity index (χ1v) is 8.51. The molecule has 1 aliphatic rings. The molecule has 2 rings (SSSR count). The molecule has 0 spiro atoms. The quantitative estimate of drug-likeness (QED) is 0.818. The van der Waals surface area contributed by atoms with Gasteiger partial charge in [-0.2, -0.15) is 0 Å². The highest BCUT2D eigenvalue weighted by atomic mass is 16.5. The Bertz CT molecular complexity index is 402. The van der Waals surface area contributed by atoms with E-state index in [2.05, 4.69) is 43.2 Å². The fraction of sp³-hybridized carbons (Fsp3) is 0.722. The van der Waals surface area contributed by atoms with Crippen LogP contribution >= 0.6 is 0 Å². The Morgan fingerprint density at radius 3 is 2.76 bits per heavy atom. The zero-order valence-electron chi connectivity index (χ0n) is 13.8. The highest BCUT2D eigenvalue weighted by molar-refractivity contribution is 5.20. The van der Waals surface area contributed by atoms with Crippen LogP contribution in [0.4, 0.5) is 0 Å². The first-order chi connectivity index (χ1) is 10.2. The maximum absolute atomic E-state index is 6.17. The normalized spacial score (nSPS) is 22.5. The lowest BCUT2D eigenvalue weighted by Crippen LogP contribution is -2.29. The Balaban J connectivity index is 1.83. The molecule has 0 radical (unpaired) electrons. The van der Waals surface area contributed by atoms with E-state index in [1.54, 1.807) is 0 Å². The van der Waals surface area contributed by atoms with E-state index in [1.165, 1.54) is 32.1 Å². The zero-order chi connectivity index (χ0) is 15.1. The molecule has 1 aliphatic carbocycles. The van der Waals surface area contributed by atoms with Gasteiger partial charge in [-0.1, -0.05) is 27.2 Å². The molecule has 118 valence electrons. The number of nitrogens with one attached hydrogen (secondary N) is 1. The molecule has 1 fully saturated rings. The fourth-order valence-electron chi connectivity index (χ4n) is 3.04. The summed E-state index contributed by atoms with van der Waals surface area (Å²) in [4.78, 5) is 4.50. The number of rotatable bonds is 7. The van der Waals surface area contributed by atoms with Crippen LogP contribution in [0.25, 0.3) is 0 Å². The van der Waals surface area contributed by atoms with Crippen LogP contribution in [-0.2, 0) is 6.54 Å². The van der Waals surface area contributed by atoms with Gasteiger partial charge in [0.25, 0.3) is 0 Å². The van der Waals surface area contributed by atoms with Crippen molar-refractivity contribution in [3.05, 3.63) is 24.0 Å². The lowest BCUT2D eigenvalue weighted by atomic mass is 9.85. The van der Waals surface area contributed by atoms with Gasteiger partial charge in [0.15, 0.2) is 0 Å². The van der Waals surface area contributed by atoms with Gasteiger partial charge in [0, 0.05) is 6.54 Å². The molecular weight excluding hydrogens is 260 g/mol. The van der Waals surface area contributed by atoms with Crippen LogP contribution in [0.5, 0.6) is 5.75 Å². The molecule has 1 N–H and O–H groups in total. The molecule has 0 amide bonds. The van der Waals surface area contributed by atoms with Gasteiger partial charge in [0.05, 0.1) is 11.9 Å². The molecule has 1 aromatic rings. The van der Waals surface area contributed by atoms with E-state index >= 15 is 0 Å². The lowest BCUT2D eigenvalue weighted by Gasteiger charge is -2.31. The van der Waals surface area contributed by atoms with Crippen LogP contribution in [0.1, 0.15) is 58.6 Å². The van der Waals surface area contributed by atoms with Crippen molar-refractivity contribution in [3.8, 4) is 5.75 Å². The van der Waals surface area contributed by atoms with E-state index < -0.39 is 0 Å². The van der Waals surface area contributed by atoms with Crippen molar-refractivity contribution in [2.45, 2.75) is 65.5 Å². The lowest BCUT2D eigenvalue weighted by molar-refractivity contribution is 0.0900. The van der Waals surface area contributed by atoms with Gasteiger partial charge in [0.2, 0.25) is 0 Å². The van der Waals surface area contributed by atoms with Crippen molar-refractivity contribution in [1.82, 2.24) is 10.3 Å². The molecule has 2 unspecified atom stereocenters. The molecule has 1 aromatic heterocycles. The summed E-state index contributed by atoms with van der Waals surface area (Å²) >= 11 is 0. The van der Waals surface area contributed by atoms with Gasteiger partial charge >= 0.3 is 0 Å². The van der Waals surface area contributed by atoms with E-state index in [1.807, 2.05) is 6.20 Å². The molecule has 1 saturated carbocycles. The SMILES string of the molecule is CCC1CCCCC1Oc1ccc(CNCC(C)C)nc1. The van der Waals surface area contributed by atoms with Crippen molar-refractivity contribution < 1.29 is 4.74 Å². The average molecular weight is 290 g/mol. The second kappa shape index (κ2) is 8.38. The third kappa shape index (κ3) is 5.31. The molecule has 3 nitrogen and oxygen atoms in total. The molecule has 3 heteroatoms. The maximum atomic E-state index is 6.17. The summed E-state index contributed by atoms with van der Waals surface area (Å²) in [5.41, 5.74) is 1.08. The van der Waals surface area contributed by atoms with E-state index in [4.69, 9.17) is 4.74 Å². The first-order valence-electron chi connectivity index (χ1n) is 8.51. The standard InChI is InChI=1S/C18H30N2O/c1-4-15-7-5-6-8-18(15)21-17-10-9-16(20-13-17)12-19-11-14(2)3/h9-10,13-15,18-19H,4-8,11-12H2,1-3H3. The number of ether oxygens (including phenoxy) is 1. The van der Waals surface area contributed by atoms with Gasteiger partial charge in [-0.3, -0.25) is 4.98 Å². The van der Waals surface area contributed by atoms with Crippen molar-refractivity contribution in [2.24, 2.45) is 11.8 Å². The third-order valence-electron chi connectivity index (χ3n) is 4.31. The highest BCUT2D eigenvalue weighted by Gasteiger charge is 2.25. The Hall–Kier alpha value is -1.09. The first kappa shape index (κ1) is 16.3. The largest absolute Gasteiger partial charge is 0.489 e. The number of aromatic nitrogens is 1. The Labute approximate surface area is 129 Å². The van der Waals surface area contributed by atoms with Crippen molar-refractivity contribution >= 4 is 0 Å². The number of hydrogen-bond donors (Lipinski definition) is 1. The molecule has 0 aliphatic heterocycles. The van der Waals surface area contributed by atoms with Crippen LogP contribution in [0.2, 0.25) is 0 Å². The fourth-order valence-corrected chi connectivity index (χ4v) is 3.04. The van der Waals surface area contributed by atoms with Crippen LogP contribution < -0.4 is 10.1 Å². The van der Waals surface area contributed by atoms with Gasteiger partial charge < -0.3 is 10.1 Å². The molecule has 2 atom stereocenters. The van der Waals surface area contributed by atoms with Crippen LogP contribution in [0, 0.1) is 11.8 Å². The molecule has 21 heavy (non-hydrogen) atoms. The van der Waals surface area contributed by atoms with Gasteiger partial charge in [0.1, 0.15) is 11.9 Å². The third-order valence-corrected chi connectivity index (χ3v) is 4.31. The monoisotopic (exact) mass is 290 g/mol. The molecule has 1 heterocycles. The topological polar surface area (TPSA) is 34.1 Å². The minimum Gasteiger partial charge on any atom is -0.489 e. The molecule has 0 saturated heterocycles. The van der Waals surface area contributed by atoms with E-state index in [9.17, 15) is 0 Å². The Morgan fingerprint density at radius 2 is 2.10 bits per heavy atom. The predicted molar refractivity (Wildman–Crippen MR) is 87.4 cm³/mol.